The summed E-state index contributed by atoms with van der Waals surface area (Å²) in [5.41, 5.74) is 3.67. The molecular weight excluding hydrogens is 278 g/mol. The molecule has 1 aromatic rings. The molecule has 0 aromatic carbocycles. The number of halogens is 1. The fourth-order valence-electron chi connectivity index (χ4n) is 0.769. The van der Waals surface area contributed by atoms with Gasteiger partial charge in [-0.25, -0.2) is 14.8 Å². The Morgan fingerprint density at radius 1 is 1.47 bits per heavy atom. The molecule has 0 aliphatic heterocycles. The number of primary amides is 1. The van der Waals surface area contributed by atoms with Gasteiger partial charge in [-0.15, -0.1) is 0 Å². The zero-order valence-electron chi connectivity index (χ0n) is 10.6. The normalized spacial score (nSPS) is 8.21. The Hall–Kier alpha value is -2.06. The number of amides is 1. The lowest BCUT2D eigenvalue weighted by molar-refractivity contribution is 0.0685. The standard InChI is InChI=1S/C7H5N3O4.C2H6.CH3ClO/c8-6(12)3-1-9-5(7(13)14)4(2-11)10-3;1-2;1-3-2/h1-2H,(H2,8,12)(H,13,14);1-2H3;1H3. The molecule has 1 amide bonds. The van der Waals surface area contributed by atoms with Crippen LogP contribution in [0, 0.1) is 0 Å². The van der Waals surface area contributed by atoms with E-state index in [9.17, 15) is 14.4 Å². The van der Waals surface area contributed by atoms with Crippen LogP contribution in [0.5, 0.6) is 0 Å². The average molecular weight is 292 g/mol. The summed E-state index contributed by atoms with van der Waals surface area (Å²) >= 11 is 4.50. The summed E-state index contributed by atoms with van der Waals surface area (Å²) in [6.07, 6.45) is 1.10. The van der Waals surface area contributed by atoms with E-state index in [0.29, 0.717) is 0 Å². The molecule has 9 heteroatoms. The van der Waals surface area contributed by atoms with E-state index in [1.165, 1.54) is 7.11 Å². The Kier molecular flexibility index (Phi) is 11.2. The second-order valence-corrected chi connectivity index (χ2v) is 2.74. The molecule has 0 saturated carbocycles. The van der Waals surface area contributed by atoms with Crippen molar-refractivity contribution in [1.29, 1.82) is 0 Å². The Bertz CT molecular complexity index is 439. The topological polar surface area (TPSA) is 132 Å². The smallest absolute Gasteiger partial charge is 0.356 e. The van der Waals surface area contributed by atoms with Crippen molar-refractivity contribution < 1.29 is 23.8 Å². The first-order chi connectivity index (χ1) is 8.97. The summed E-state index contributed by atoms with van der Waals surface area (Å²) in [6.45, 7) is 4.00. The van der Waals surface area contributed by atoms with Crippen LogP contribution in [0.25, 0.3) is 0 Å². The molecule has 0 fully saturated rings. The van der Waals surface area contributed by atoms with Gasteiger partial charge in [-0.3, -0.25) is 13.9 Å². The number of carbonyl (C=O) groups excluding carboxylic acids is 2. The molecule has 0 saturated heterocycles. The van der Waals surface area contributed by atoms with Crippen molar-refractivity contribution >= 4 is 30.0 Å². The highest BCUT2D eigenvalue weighted by molar-refractivity contribution is 6.07. The highest BCUT2D eigenvalue weighted by Gasteiger charge is 2.15. The zero-order chi connectivity index (χ0) is 15.4. The van der Waals surface area contributed by atoms with Crippen LogP contribution in [0.15, 0.2) is 6.20 Å². The fourth-order valence-corrected chi connectivity index (χ4v) is 0.769. The molecule has 1 aromatic heterocycles. The van der Waals surface area contributed by atoms with Gasteiger partial charge in [-0.2, -0.15) is 0 Å². The molecule has 0 aliphatic carbocycles. The van der Waals surface area contributed by atoms with Crippen LogP contribution in [-0.2, 0) is 4.29 Å². The number of rotatable bonds is 3. The van der Waals surface area contributed by atoms with Crippen LogP contribution in [0.3, 0.4) is 0 Å². The quantitative estimate of drug-likeness (QED) is 0.790. The van der Waals surface area contributed by atoms with Gasteiger partial charge >= 0.3 is 5.97 Å². The first kappa shape index (κ1) is 19.3. The number of carboxylic acid groups (broad SMARTS) is 1. The fraction of sp³-hybridized carbons (Fsp3) is 0.300. The number of hydrogen-bond donors (Lipinski definition) is 2. The van der Waals surface area contributed by atoms with Crippen LogP contribution in [0.4, 0.5) is 0 Å². The highest BCUT2D eigenvalue weighted by atomic mass is 35.5. The van der Waals surface area contributed by atoms with E-state index in [0.717, 1.165) is 6.20 Å². The number of aldehydes is 1. The van der Waals surface area contributed by atoms with Gasteiger partial charge in [0.1, 0.15) is 11.4 Å². The molecule has 8 nitrogen and oxygen atoms in total. The number of nitrogens with zero attached hydrogens (tertiary/aromatic N) is 2. The Labute approximate surface area is 114 Å². The molecular formula is C10H14ClN3O5. The van der Waals surface area contributed by atoms with E-state index in [1.54, 1.807) is 0 Å². The number of carbonyl (C=O) groups is 3. The van der Waals surface area contributed by atoms with Gasteiger partial charge in [0.25, 0.3) is 5.91 Å². The third-order valence-corrected chi connectivity index (χ3v) is 1.37. The van der Waals surface area contributed by atoms with Crippen molar-refractivity contribution in [3.05, 3.63) is 23.3 Å². The maximum absolute atomic E-state index is 10.6. The molecule has 1 rings (SSSR count). The minimum absolute atomic E-state index is 0.197. The van der Waals surface area contributed by atoms with E-state index < -0.39 is 23.3 Å². The molecule has 0 spiro atoms. The first-order valence-electron chi connectivity index (χ1n) is 4.98. The Morgan fingerprint density at radius 3 is 2.26 bits per heavy atom. The van der Waals surface area contributed by atoms with E-state index in [2.05, 4.69) is 26.1 Å². The van der Waals surface area contributed by atoms with Gasteiger partial charge in [0.05, 0.1) is 25.2 Å². The predicted octanol–water partition coefficient (Wildman–Crippen LogP) is 0.899. The molecule has 3 N–H and O–H groups in total. The minimum Gasteiger partial charge on any atom is -0.476 e. The number of nitrogens with two attached hydrogens (primary N) is 1. The summed E-state index contributed by atoms with van der Waals surface area (Å²) in [7, 11) is 1.39. The molecule has 0 unspecified atom stereocenters. The van der Waals surface area contributed by atoms with E-state index in [1.807, 2.05) is 13.8 Å². The number of aromatic nitrogens is 2. The molecule has 0 aliphatic rings. The molecule has 106 valence electrons. The summed E-state index contributed by atoms with van der Waals surface area (Å²) in [4.78, 5) is 38.3. The first-order valence-corrected chi connectivity index (χ1v) is 5.28. The van der Waals surface area contributed by atoms with Crippen molar-refractivity contribution in [1.82, 2.24) is 9.97 Å². The third kappa shape index (κ3) is 7.06. The molecule has 0 bridgehead atoms. The van der Waals surface area contributed by atoms with E-state index in [-0.39, 0.29) is 12.0 Å². The second kappa shape index (κ2) is 11.1. The average Bonchev–Trinajstić information content (AvgIpc) is 2.41. The molecule has 1 heterocycles. The monoisotopic (exact) mass is 291 g/mol. The lowest BCUT2D eigenvalue weighted by Crippen LogP contribution is -2.17. The lowest BCUT2D eigenvalue weighted by atomic mass is 10.3. The zero-order valence-corrected chi connectivity index (χ0v) is 11.3. The van der Waals surface area contributed by atoms with Crippen LogP contribution in [-0.4, -0.2) is 40.3 Å². The summed E-state index contributed by atoms with van der Waals surface area (Å²) < 4.78 is 3.72. The van der Waals surface area contributed by atoms with Crippen LogP contribution < -0.4 is 5.73 Å². The van der Waals surface area contributed by atoms with E-state index in [4.69, 9.17) is 10.8 Å². The second-order valence-electron chi connectivity index (χ2n) is 2.43. The Balaban J connectivity index is 0. The highest BCUT2D eigenvalue weighted by Crippen LogP contribution is 2.01. The maximum Gasteiger partial charge on any atom is 0.356 e. The third-order valence-electron chi connectivity index (χ3n) is 1.37. The van der Waals surface area contributed by atoms with Gasteiger partial charge in [0.15, 0.2) is 12.0 Å². The van der Waals surface area contributed by atoms with Crippen molar-refractivity contribution in [3.8, 4) is 0 Å². The van der Waals surface area contributed by atoms with Gasteiger partial charge in [-0.05, 0) is 0 Å². The van der Waals surface area contributed by atoms with Gasteiger partial charge < -0.3 is 10.8 Å². The maximum atomic E-state index is 10.6. The van der Waals surface area contributed by atoms with Gasteiger partial charge in [0.2, 0.25) is 0 Å². The Morgan fingerprint density at radius 2 is 1.95 bits per heavy atom. The van der Waals surface area contributed by atoms with Gasteiger partial charge in [0, 0.05) is 0 Å². The lowest BCUT2D eigenvalue weighted by Gasteiger charge is -1.98. The largest absolute Gasteiger partial charge is 0.476 e. The summed E-state index contributed by atoms with van der Waals surface area (Å²) in [5.74, 6) is -2.27. The summed E-state index contributed by atoms with van der Waals surface area (Å²) in [6, 6.07) is 0. The van der Waals surface area contributed by atoms with Crippen molar-refractivity contribution in [3.63, 3.8) is 0 Å². The van der Waals surface area contributed by atoms with Gasteiger partial charge in [-0.1, -0.05) is 13.8 Å². The predicted molar refractivity (Wildman–Crippen MR) is 67.1 cm³/mol. The van der Waals surface area contributed by atoms with Crippen LogP contribution in [0.2, 0.25) is 0 Å². The number of hydrogen-bond acceptors (Lipinski definition) is 6. The number of carboxylic acids is 1. The van der Waals surface area contributed by atoms with Crippen molar-refractivity contribution in [2.75, 3.05) is 7.11 Å². The SMILES string of the molecule is CC.COCl.NC(=O)c1cnc(C(=O)O)c(C=O)n1. The molecule has 0 atom stereocenters. The summed E-state index contributed by atoms with van der Waals surface area (Å²) in [5, 5.41) is 8.55. The minimum atomic E-state index is -1.39. The van der Waals surface area contributed by atoms with Crippen LogP contribution >= 0.6 is 11.9 Å². The molecule has 19 heavy (non-hydrogen) atoms. The molecule has 0 radical (unpaired) electrons. The van der Waals surface area contributed by atoms with Crippen LogP contribution in [0.1, 0.15) is 45.3 Å². The van der Waals surface area contributed by atoms with Crippen molar-refractivity contribution in [2.24, 2.45) is 5.73 Å². The number of aromatic carboxylic acids is 1. The van der Waals surface area contributed by atoms with E-state index >= 15 is 0 Å². The van der Waals surface area contributed by atoms with Crippen molar-refractivity contribution in [2.45, 2.75) is 13.8 Å².